The van der Waals surface area contributed by atoms with Gasteiger partial charge in [-0.3, -0.25) is 4.98 Å². The summed E-state index contributed by atoms with van der Waals surface area (Å²) in [4.78, 5) is 19.1. The van der Waals surface area contributed by atoms with Crippen molar-refractivity contribution in [2.24, 2.45) is 5.41 Å². The number of ether oxygens (including phenoxy) is 1. The minimum atomic E-state index is -1.18. The van der Waals surface area contributed by atoms with Gasteiger partial charge in [-0.25, -0.2) is 13.7 Å². The van der Waals surface area contributed by atoms with Gasteiger partial charge < -0.3 is 9.64 Å². The molecule has 29 heavy (non-hydrogen) atoms. The van der Waals surface area contributed by atoms with Crippen LogP contribution in [0.15, 0.2) is 12.1 Å². The van der Waals surface area contributed by atoms with Crippen molar-refractivity contribution in [2.45, 2.75) is 84.1 Å². The molecule has 1 aromatic heterocycles. The largest absolute Gasteiger partial charge is 0.444 e. The van der Waals surface area contributed by atoms with Crippen molar-refractivity contribution in [3.05, 3.63) is 29.1 Å². The average molecular weight is 422 g/mol. The molecular formula is C22H35N3O3S. The van der Waals surface area contributed by atoms with Crippen LogP contribution in [-0.2, 0) is 22.1 Å². The number of rotatable bonds is 2. The number of hydrogen-bond acceptors (Lipinski definition) is 4. The third-order valence-corrected chi connectivity index (χ3v) is 7.35. The summed E-state index contributed by atoms with van der Waals surface area (Å²) in [7, 11) is -1.18. The van der Waals surface area contributed by atoms with Crippen molar-refractivity contribution >= 4 is 17.1 Å². The Morgan fingerprint density at radius 2 is 1.83 bits per heavy atom. The SMILES string of the molecule is Cc1ccc2c(n1)CC1(CCN(C(=O)OC(C)(C)C)CC1)C2NS(=O)C(C)(C)C. The first-order chi connectivity index (χ1) is 13.3. The van der Waals surface area contributed by atoms with Crippen LogP contribution in [-0.4, -0.2) is 43.6 Å². The molecule has 0 saturated carbocycles. The summed E-state index contributed by atoms with van der Waals surface area (Å²) in [6.07, 6.45) is 2.27. The van der Waals surface area contributed by atoms with E-state index in [0.29, 0.717) is 13.1 Å². The van der Waals surface area contributed by atoms with Gasteiger partial charge in [0.25, 0.3) is 0 Å². The highest BCUT2D eigenvalue weighted by Gasteiger charge is 2.50. The summed E-state index contributed by atoms with van der Waals surface area (Å²) >= 11 is 0. The van der Waals surface area contributed by atoms with Crippen molar-refractivity contribution < 1.29 is 13.7 Å². The maximum atomic E-state index is 12.9. The van der Waals surface area contributed by atoms with Crippen molar-refractivity contribution in [2.75, 3.05) is 13.1 Å². The van der Waals surface area contributed by atoms with Gasteiger partial charge in [-0.15, -0.1) is 0 Å². The van der Waals surface area contributed by atoms with Crippen molar-refractivity contribution in [3.63, 3.8) is 0 Å². The Morgan fingerprint density at radius 1 is 1.21 bits per heavy atom. The van der Waals surface area contributed by atoms with Crippen LogP contribution in [0.1, 0.15) is 77.4 Å². The Bertz CT molecular complexity index is 803. The summed E-state index contributed by atoms with van der Waals surface area (Å²) in [5, 5.41) is 0. The predicted octanol–water partition coefficient (Wildman–Crippen LogP) is 4.06. The summed E-state index contributed by atoms with van der Waals surface area (Å²) in [6.45, 7) is 14.9. The molecular weight excluding hydrogens is 386 g/mol. The molecule has 0 radical (unpaired) electrons. The lowest BCUT2D eigenvalue weighted by molar-refractivity contribution is 0.00719. The van der Waals surface area contributed by atoms with E-state index in [-0.39, 0.29) is 22.3 Å². The van der Waals surface area contributed by atoms with Gasteiger partial charge in [0.1, 0.15) is 5.60 Å². The van der Waals surface area contributed by atoms with Crippen LogP contribution < -0.4 is 4.72 Å². The van der Waals surface area contributed by atoms with Gasteiger partial charge in [0, 0.05) is 24.5 Å². The van der Waals surface area contributed by atoms with Crippen LogP contribution >= 0.6 is 0 Å². The Kier molecular flexibility index (Phi) is 5.86. The number of amides is 1. The molecule has 2 aliphatic rings. The molecule has 7 heteroatoms. The van der Waals surface area contributed by atoms with Crippen molar-refractivity contribution in [1.29, 1.82) is 0 Å². The second kappa shape index (κ2) is 7.65. The number of carbonyl (C=O) groups is 1. The van der Waals surface area contributed by atoms with E-state index in [2.05, 4.69) is 10.8 Å². The molecule has 1 aliphatic carbocycles. The van der Waals surface area contributed by atoms with E-state index in [4.69, 9.17) is 9.72 Å². The number of fused-ring (bicyclic) bond motifs is 1. The number of aromatic nitrogens is 1. The maximum Gasteiger partial charge on any atom is 0.410 e. The highest BCUT2D eigenvalue weighted by Crippen LogP contribution is 2.52. The molecule has 0 aromatic carbocycles. The fourth-order valence-corrected chi connectivity index (χ4v) is 5.13. The lowest BCUT2D eigenvalue weighted by Crippen LogP contribution is -2.49. The zero-order valence-electron chi connectivity index (χ0n) is 18.8. The first-order valence-electron chi connectivity index (χ1n) is 10.4. The topological polar surface area (TPSA) is 71.5 Å². The third-order valence-electron chi connectivity index (χ3n) is 5.78. The standard InChI is InChI=1S/C22H35N3O3S/c1-15-8-9-16-17(23-15)14-22(18(16)24-29(27)21(5,6)7)10-12-25(13-11-22)19(26)28-20(2,3)4/h8-9,18,24H,10-14H2,1-7H3. The molecule has 1 saturated heterocycles. The number of pyridine rings is 1. The van der Waals surface area contributed by atoms with E-state index in [0.717, 1.165) is 36.2 Å². The molecule has 1 spiro atoms. The minimum Gasteiger partial charge on any atom is -0.444 e. The number of piperidine rings is 1. The van der Waals surface area contributed by atoms with Crippen LogP contribution in [0.4, 0.5) is 4.79 Å². The van der Waals surface area contributed by atoms with E-state index in [1.165, 1.54) is 0 Å². The van der Waals surface area contributed by atoms with E-state index in [1.54, 1.807) is 4.90 Å². The zero-order chi connectivity index (χ0) is 21.6. The number of aryl methyl sites for hydroxylation is 1. The molecule has 2 unspecified atom stereocenters. The number of nitrogens with one attached hydrogen (secondary N) is 1. The van der Waals surface area contributed by atoms with E-state index in [1.807, 2.05) is 54.5 Å². The Labute approximate surface area is 177 Å². The zero-order valence-corrected chi connectivity index (χ0v) is 19.6. The fraction of sp³-hybridized carbons (Fsp3) is 0.727. The smallest absolute Gasteiger partial charge is 0.410 e. The van der Waals surface area contributed by atoms with Gasteiger partial charge >= 0.3 is 6.09 Å². The predicted molar refractivity (Wildman–Crippen MR) is 116 cm³/mol. The van der Waals surface area contributed by atoms with Crippen LogP contribution in [0.2, 0.25) is 0 Å². The molecule has 1 amide bonds. The minimum absolute atomic E-state index is 0.0218. The van der Waals surface area contributed by atoms with E-state index >= 15 is 0 Å². The lowest BCUT2D eigenvalue weighted by atomic mass is 9.73. The van der Waals surface area contributed by atoms with Crippen LogP contribution in [0.3, 0.4) is 0 Å². The third kappa shape index (κ3) is 4.82. The van der Waals surface area contributed by atoms with Crippen molar-refractivity contribution in [1.82, 2.24) is 14.6 Å². The second-order valence-corrected chi connectivity index (χ2v) is 12.4. The van der Waals surface area contributed by atoms with E-state index in [9.17, 15) is 9.00 Å². The molecule has 1 aliphatic heterocycles. The van der Waals surface area contributed by atoms with Gasteiger partial charge in [0.15, 0.2) is 0 Å². The first-order valence-corrected chi connectivity index (χ1v) is 11.6. The van der Waals surface area contributed by atoms with Gasteiger partial charge in [-0.2, -0.15) is 0 Å². The summed E-state index contributed by atoms with van der Waals surface area (Å²) < 4.78 is 21.6. The molecule has 2 atom stereocenters. The molecule has 1 aromatic rings. The van der Waals surface area contributed by atoms with Gasteiger partial charge in [-0.1, -0.05) is 6.07 Å². The lowest BCUT2D eigenvalue weighted by Gasteiger charge is -2.43. The number of hydrogen-bond donors (Lipinski definition) is 1. The van der Waals surface area contributed by atoms with Crippen LogP contribution in [0.25, 0.3) is 0 Å². The quantitative estimate of drug-likeness (QED) is 0.782. The second-order valence-electron chi connectivity index (χ2n) is 10.4. The summed E-state index contributed by atoms with van der Waals surface area (Å²) in [5.41, 5.74) is 2.67. The maximum absolute atomic E-state index is 12.9. The van der Waals surface area contributed by atoms with Crippen LogP contribution in [0, 0.1) is 12.3 Å². The number of likely N-dealkylation sites (tertiary alicyclic amines) is 1. The molecule has 3 rings (SSSR count). The molecule has 0 bridgehead atoms. The van der Waals surface area contributed by atoms with E-state index < -0.39 is 16.6 Å². The highest BCUT2D eigenvalue weighted by molar-refractivity contribution is 7.84. The monoisotopic (exact) mass is 421 g/mol. The molecule has 2 heterocycles. The van der Waals surface area contributed by atoms with Crippen LogP contribution in [0.5, 0.6) is 0 Å². The Balaban J connectivity index is 1.82. The summed E-state index contributed by atoms with van der Waals surface area (Å²) in [6, 6.07) is 4.14. The molecule has 6 nitrogen and oxygen atoms in total. The van der Waals surface area contributed by atoms with Gasteiger partial charge in [-0.05, 0) is 84.8 Å². The number of nitrogens with zero attached hydrogens (tertiary/aromatic N) is 2. The Hall–Kier alpha value is -1.47. The van der Waals surface area contributed by atoms with Crippen molar-refractivity contribution in [3.8, 4) is 0 Å². The highest BCUT2D eigenvalue weighted by atomic mass is 32.2. The average Bonchev–Trinajstić information content (AvgIpc) is 2.85. The fourth-order valence-electron chi connectivity index (χ4n) is 4.19. The summed E-state index contributed by atoms with van der Waals surface area (Å²) in [5.74, 6) is 0. The van der Waals surface area contributed by atoms with Gasteiger partial charge in [0.05, 0.1) is 21.8 Å². The molecule has 1 fully saturated rings. The number of carbonyl (C=O) groups excluding carboxylic acids is 1. The normalized spacial score (nSPS) is 22.4. The Morgan fingerprint density at radius 3 is 2.38 bits per heavy atom. The first kappa shape index (κ1) is 22.2. The molecule has 1 N–H and O–H groups in total. The molecule has 162 valence electrons. The van der Waals surface area contributed by atoms with Gasteiger partial charge in [0.2, 0.25) is 0 Å².